The van der Waals surface area contributed by atoms with Gasteiger partial charge in [0.25, 0.3) is 5.91 Å². The maximum atomic E-state index is 13.3. The molecule has 2 aromatic rings. The fourth-order valence-electron chi connectivity index (χ4n) is 1.57. The molecule has 104 valence electrons. The number of halogens is 1. The van der Waals surface area contributed by atoms with E-state index in [1.54, 1.807) is 12.1 Å². The molecule has 1 amide bonds. The number of hydrogen-bond donors (Lipinski definition) is 3. The number of anilines is 2. The van der Waals surface area contributed by atoms with E-state index in [1.165, 1.54) is 31.4 Å². The van der Waals surface area contributed by atoms with Crippen LogP contribution in [0.3, 0.4) is 0 Å². The summed E-state index contributed by atoms with van der Waals surface area (Å²) in [5.41, 5.74) is 2.94. The molecule has 1 heterocycles. The lowest BCUT2D eigenvalue weighted by Gasteiger charge is -2.08. The summed E-state index contributed by atoms with van der Waals surface area (Å²) < 4.78 is 18.1. The molecule has 0 spiro atoms. The summed E-state index contributed by atoms with van der Waals surface area (Å²) in [6.07, 6.45) is 0. The van der Waals surface area contributed by atoms with Crippen LogP contribution in [0.4, 0.5) is 15.9 Å². The third kappa shape index (κ3) is 3.01. The minimum atomic E-state index is -0.502. The zero-order valence-electron chi connectivity index (χ0n) is 10.7. The molecule has 2 rings (SSSR count). The Labute approximate surface area is 114 Å². The number of hydrazine groups is 1. The average Bonchev–Trinajstić information content (AvgIpc) is 2.49. The van der Waals surface area contributed by atoms with Crippen LogP contribution in [-0.2, 0) is 0 Å². The Morgan fingerprint density at radius 3 is 2.85 bits per heavy atom. The predicted molar refractivity (Wildman–Crippen MR) is 73.0 cm³/mol. The molecule has 0 radical (unpaired) electrons. The maximum absolute atomic E-state index is 13.3. The van der Waals surface area contributed by atoms with Gasteiger partial charge in [-0.1, -0.05) is 6.07 Å². The van der Waals surface area contributed by atoms with Gasteiger partial charge < -0.3 is 15.5 Å². The third-order valence-corrected chi connectivity index (χ3v) is 2.54. The number of benzene rings is 1. The first kappa shape index (κ1) is 13.8. The summed E-state index contributed by atoms with van der Waals surface area (Å²) in [6.45, 7) is 0. The zero-order valence-corrected chi connectivity index (χ0v) is 10.7. The Bertz CT molecular complexity index is 634. The summed E-state index contributed by atoms with van der Waals surface area (Å²) in [5, 5.41) is 2.59. The number of nitrogen functional groups attached to an aromatic ring is 1. The number of aromatic nitrogens is 1. The number of carbonyl (C=O) groups excluding carboxylic acids is 1. The molecule has 0 atom stereocenters. The molecule has 0 unspecified atom stereocenters. The standard InChI is InChI=1S/C13H13FN4O2/c1-20-11-7-8(5-6-9(11)14)16-13(19)10-3-2-4-12(17-10)18-15/h2-7H,15H2,1H3,(H,16,19)(H,17,18). The van der Waals surface area contributed by atoms with Gasteiger partial charge in [0.05, 0.1) is 7.11 Å². The van der Waals surface area contributed by atoms with Crippen molar-refractivity contribution in [2.24, 2.45) is 5.84 Å². The Hall–Kier alpha value is -2.67. The lowest BCUT2D eigenvalue weighted by molar-refractivity contribution is 0.102. The SMILES string of the molecule is COc1cc(NC(=O)c2cccc(NN)n2)ccc1F. The Balaban J connectivity index is 2.18. The van der Waals surface area contributed by atoms with Crippen molar-refractivity contribution in [2.45, 2.75) is 0 Å². The number of ether oxygens (including phenoxy) is 1. The normalized spacial score (nSPS) is 9.95. The number of hydrogen-bond acceptors (Lipinski definition) is 5. The van der Waals surface area contributed by atoms with E-state index in [-0.39, 0.29) is 11.4 Å². The van der Waals surface area contributed by atoms with Crippen LogP contribution in [0.25, 0.3) is 0 Å². The van der Waals surface area contributed by atoms with Crippen LogP contribution in [0.15, 0.2) is 36.4 Å². The number of pyridine rings is 1. The molecule has 1 aromatic heterocycles. The second-order valence-corrected chi connectivity index (χ2v) is 3.86. The average molecular weight is 276 g/mol. The molecule has 4 N–H and O–H groups in total. The molecule has 0 aliphatic carbocycles. The highest BCUT2D eigenvalue weighted by molar-refractivity contribution is 6.03. The summed E-state index contributed by atoms with van der Waals surface area (Å²) in [6, 6.07) is 8.83. The number of nitrogens with two attached hydrogens (primary N) is 1. The molecule has 0 bridgehead atoms. The van der Waals surface area contributed by atoms with Gasteiger partial charge in [0.1, 0.15) is 11.5 Å². The smallest absolute Gasteiger partial charge is 0.274 e. The van der Waals surface area contributed by atoms with Gasteiger partial charge in [-0.3, -0.25) is 4.79 Å². The summed E-state index contributed by atoms with van der Waals surface area (Å²) in [5.74, 6) is 4.71. The molecule has 20 heavy (non-hydrogen) atoms. The van der Waals surface area contributed by atoms with Crippen molar-refractivity contribution in [2.75, 3.05) is 17.9 Å². The van der Waals surface area contributed by atoms with Crippen LogP contribution in [0.1, 0.15) is 10.5 Å². The minimum Gasteiger partial charge on any atom is -0.494 e. The maximum Gasteiger partial charge on any atom is 0.274 e. The number of amides is 1. The van der Waals surface area contributed by atoms with E-state index in [0.717, 1.165) is 0 Å². The van der Waals surface area contributed by atoms with Gasteiger partial charge in [0, 0.05) is 11.8 Å². The first-order valence-electron chi connectivity index (χ1n) is 5.72. The number of nitrogens with one attached hydrogen (secondary N) is 2. The molecule has 6 nitrogen and oxygen atoms in total. The van der Waals surface area contributed by atoms with Gasteiger partial charge in [-0.05, 0) is 24.3 Å². The van der Waals surface area contributed by atoms with E-state index < -0.39 is 11.7 Å². The first-order chi connectivity index (χ1) is 9.63. The Morgan fingerprint density at radius 1 is 1.35 bits per heavy atom. The zero-order chi connectivity index (χ0) is 14.5. The van der Waals surface area contributed by atoms with E-state index in [4.69, 9.17) is 10.6 Å². The summed E-state index contributed by atoms with van der Waals surface area (Å²) in [7, 11) is 1.35. The fourth-order valence-corrected chi connectivity index (χ4v) is 1.57. The molecule has 0 saturated heterocycles. The van der Waals surface area contributed by atoms with Crippen LogP contribution in [0.5, 0.6) is 5.75 Å². The first-order valence-corrected chi connectivity index (χ1v) is 5.72. The quantitative estimate of drug-likeness (QED) is 0.585. The second kappa shape index (κ2) is 5.98. The van der Waals surface area contributed by atoms with Gasteiger partial charge in [-0.25, -0.2) is 15.2 Å². The highest BCUT2D eigenvalue weighted by Gasteiger charge is 2.10. The number of carbonyl (C=O) groups is 1. The van der Waals surface area contributed by atoms with Crippen LogP contribution < -0.4 is 21.3 Å². The second-order valence-electron chi connectivity index (χ2n) is 3.86. The molecule has 7 heteroatoms. The lowest BCUT2D eigenvalue weighted by Crippen LogP contribution is -2.16. The molecule has 0 aliphatic heterocycles. The van der Waals surface area contributed by atoms with Crippen molar-refractivity contribution in [3.8, 4) is 5.75 Å². The summed E-state index contributed by atoms with van der Waals surface area (Å²) in [4.78, 5) is 16.0. The van der Waals surface area contributed by atoms with E-state index in [1.807, 2.05) is 0 Å². The van der Waals surface area contributed by atoms with Gasteiger partial charge in [0.15, 0.2) is 11.6 Å². The van der Waals surface area contributed by atoms with Crippen LogP contribution in [-0.4, -0.2) is 18.0 Å². The van der Waals surface area contributed by atoms with Crippen LogP contribution in [0.2, 0.25) is 0 Å². The molecular weight excluding hydrogens is 263 g/mol. The number of methoxy groups -OCH3 is 1. The highest BCUT2D eigenvalue weighted by Crippen LogP contribution is 2.21. The molecule has 0 fully saturated rings. The summed E-state index contributed by atoms with van der Waals surface area (Å²) >= 11 is 0. The minimum absolute atomic E-state index is 0.0492. The van der Waals surface area contributed by atoms with E-state index in [9.17, 15) is 9.18 Å². The molecule has 1 aromatic carbocycles. The predicted octanol–water partition coefficient (Wildman–Crippen LogP) is 1.77. The number of rotatable bonds is 4. The van der Waals surface area contributed by atoms with Crippen molar-refractivity contribution in [3.63, 3.8) is 0 Å². The van der Waals surface area contributed by atoms with Crippen molar-refractivity contribution >= 4 is 17.4 Å². The highest BCUT2D eigenvalue weighted by atomic mass is 19.1. The van der Waals surface area contributed by atoms with Crippen molar-refractivity contribution in [1.29, 1.82) is 0 Å². The van der Waals surface area contributed by atoms with E-state index in [2.05, 4.69) is 15.7 Å². The van der Waals surface area contributed by atoms with Gasteiger partial charge >= 0.3 is 0 Å². The Morgan fingerprint density at radius 2 is 2.15 bits per heavy atom. The topological polar surface area (TPSA) is 89.3 Å². The van der Waals surface area contributed by atoms with Gasteiger partial charge in [-0.15, -0.1) is 0 Å². The largest absolute Gasteiger partial charge is 0.494 e. The molecular formula is C13H13FN4O2. The van der Waals surface area contributed by atoms with Crippen molar-refractivity contribution in [3.05, 3.63) is 47.9 Å². The number of nitrogens with zero attached hydrogens (tertiary/aromatic N) is 1. The fraction of sp³-hybridized carbons (Fsp3) is 0.0769. The Kier molecular flexibility index (Phi) is 4.11. The third-order valence-electron chi connectivity index (χ3n) is 2.54. The van der Waals surface area contributed by atoms with Crippen molar-refractivity contribution in [1.82, 2.24) is 4.98 Å². The van der Waals surface area contributed by atoms with Gasteiger partial charge in [-0.2, -0.15) is 0 Å². The van der Waals surface area contributed by atoms with Gasteiger partial charge in [0.2, 0.25) is 0 Å². The van der Waals surface area contributed by atoms with Crippen LogP contribution >= 0.6 is 0 Å². The van der Waals surface area contributed by atoms with E-state index >= 15 is 0 Å². The lowest BCUT2D eigenvalue weighted by atomic mass is 10.2. The molecule has 0 saturated carbocycles. The van der Waals surface area contributed by atoms with E-state index in [0.29, 0.717) is 11.5 Å². The van der Waals surface area contributed by atoms with Crippen molar-refractivity contribution < 1.29 is 13.9 Å². The monoisotopic (exact) mass is 276 g/mol. The van der Waals surface area contributed by atoms with Crippen LogP contribution in [0, 0.1) is 5.82 Å². The molecule has 0 aliphatic rings.